The molecule has 1 fully saturated rings. The number of aliphatic hydroxyl groups is 1. The largest absolute Gasteiger partial charge is 0.386 e. The fourth-order valence-corrected chi connectivity index (χ4v) is 2.81. The predicted molar refractivity (Wildman–Crippen MR) is 76.8 cm³/mol. The third-order valence-corrected chi connectivity index (χ3v) is 4.73. The van der Waals surface area contributed by atoms with Crippen molar-refractivity contribution in [2.24, 2.45) is 0 Å². The van der Waals surface area contributed by atoms with Crippen molar-refractivity contribution in [3.63, 3.8) is 0 Å². The van der Waals surface area contributed by atoms with Crippen molar-refractivity contribution < 1.29 is 5.11 Å². The van der Waals surface area contributed by atoms with E-state index in [1.54, 1.807) is 17.9 Å². The van der Waals surface area contributed by atoms with Gasteiger partial charge in [-0.25, -0.2) is 4.98 Å². The van der Waals surface area contributed by atoms with Gasteiger partial charge < -0.3 is 5.11 Å². The predicted octanol–water partition coefficient (Wildman–Crippen LogP) is 3.14. The monoisotopic (exact) mass is 325 g/mol. The van der Waals surface area contributed by atoms with E-state index in [9.17, 15) is 5.11 Å². The van der Waals surface area contributed by atoms with Crippen molar-refractivity contribution in [3.8, 4) is 0 Å². The Morgan fingerprint density at radius 3 is 2.53 bits per heavy atom. The average Bonchev–Trinajstić information content (AvgIpc) is 2.85. The maximum absolute atomic E-state index is 10.9. The number of alkyl halides is 3. The number of rotatable bonds is 7. The summed E-state index contributed by atoms with van der Waals surface area (Å²) >= 11 is 18.4. The lowest BCUT2D eigenvalue weighted by atomic mass is 9.90. The molecule has 7 heteroatoms. The van der Waals surface area contributed by atoms with E-state index >= 15 is 0 Å². The lowest BCUT2D eigenvalue weighted by Crippen LogP contribution is -2.45. The van der Waals surface area contributed by atoms with Gasteiger partial charge in [0.2, 0.25) is 0 Å². The van der Waals surface area contributed by atoms with Crippen LogP contribution in [0.2, 0.25) is 0 Å². The van der Waals surface area contributed by atoms with Gasteiger partial charge in [0.1, 0.15) is 22.6 Å². The van der Waals surface area contributed by atoms with Gasteiger partial charge in [-0.3, -0.25) is 4.68 Å². The van der Waals surface area contributed by atoms with Gasteiger partial charge in [-0.1, -0.05) is 0 Å². The van der Waals surface area contributed by atoms with Crippen molar-refractivity contribution in [1.82, 2.24) is 14.8 Å². The zero-order chi connectivity index (χ0) is 14.1. The summed E-state index contributed by atoms with van der Waals surface area (Å²) in [5.74, 6) is 0. The van der Waals surface area contributed by atoms with Gasteiger partial charge in [0.15, 0.2) is 0 Å². The van der Waals surface area contributed by atoms with Gasteiger partial charge in [0.05, 0.1) is 11.4 Å². The highest BCUT2D eigenvalue weighted by atomic mass is 35.5. The SMILES string of the molecule is CC(Cl)(Cl)CCCC(O)(Cn1cncn1)C1(Cl)CC1. The molecule has 2 rings (SSSR count). The fraction of sp³-hybridized carbons (Fsp3) is 0.833. The summed E-state index contributed by atoms with van der Waals surface area (Å²) in [5.41, 5.74) is -0.999. The lowest BCUT2D eigenvalue weighted by Gasteiger charge is -2.33. The van der Waals surface area contributed by atoms with Crippen LogP contribution in [-0.2, 0) is 6.54 Å². The second-order valence-corrected chi connectivity index (χ2v) is 8.10. The van der Waals surface area contributed by atoms with E-state index in [0.29, 0.717) is 25.8 Å². The minimum atomic E-state index is -0.999. The van der Waals surface area contributed by atoms with Gasteiger partial charge in [-0.2, -0.15) is 5.10 Å². The maximum atomic E-state index is 10.9. The van der Waals surface area contributed by atoms with E-state index in [4.69, 9.17) is 34.8 Å². The first kappa shape index (κ1) is 15.4. The normalized spacial score (nSPS) is 21.1. The number of hydrogen-bond donors (Lipinski definition) is 1. The lowest BCUT2D eigenvalue weighted by molar-refractivity contribution is -0.00299. The molecule has 0 amide bonds. The Morgan fingerprint density at radius 1 is 1.37 bits per heavy atom. The molecule has 1 saturated carbocycles. The molecule has 1 aliphatic rings. The summed E-state index contributed by atoms with van der Waals surface area (Å²) in [5, 5.41) is 14.9. The molecular formula is C12H18Cl3N3O. The molecule has 0 radical (unpaired) electrons. The molecule has 0 spiro atoms. The second kappa shape index (κ2) is 5.40. The Bertz CT molecular complexity index is 414. The third kappa shape index (κ3) is 3.97. The molecule has 0 aliphatic heterocycles. The Hall–Kier alpha value is -0.0300. The van der Waals surface area contributed by atoms with Crippen LogP contribution in [0.5, 0.6) is 0 Å². The zero-order valence-electron chi connectivity index (χ0n) is 10.8. The van der Waals surface area contributed by atoms with Crippen LogP contribution in [0.4, 0.5) is 0 Å². The van der Waals surface area contributed by atoms with Crippen molar-refractivity contribution in [1.29, 1.82) is 0 Å². The maximum Gasteiger partial charge on any atom is 0.137 e. The minimum Gasteiger partial charge on any atom is -0.386 e. The highest BCUT2D eigenvalue weighted by Gasteiger charge is 2.57. The quantitative estimate of drug-likeness (QED) is 0.783. The van der Waals surface area contributed by atoms with Crippen LogP contribution in [0.25, 0.3) is 0 Å². The standard InChI is InChI=1S/C12H18Cl3N3O/c1-10(13,14)3-2-4-12(19,11(15)5-6-11)7-18-9-16-8-17-18/h8-9,19H,2-7H2,1H3. The number of hydrogen-bond acceptors (Lipinski definition) is 3. The molecule has 108 valence electrons. The first-order chi connectivity index (χ1) is 8.74. The van der Waals surface area contributed by atoms with Crippen LogP contribution in [0.15, 0.2) is 12.7 Å². The molecule has 4 nitrogen and oxygen atoms in total. The summed E-state index contributed by atoms with van der Waals surface area (Å²) in [7, 11) is 0. The van der Waals surface area contributed by atoms with Crippen LogP contribution in [0.1, 0.15) is 39.0 Å². The molecule has 1 aliphatic carbocycles. The van der Waals surface area contributed by atoms with E-state index in [1.165, 1.54) is 6.33 Å². The second-order valence-electron chi connectivity index (χ2n) is 5.51. The average molecular weight is 327 g/mol. The first-order valence-corrected chi connectivity index (χ1v) is 7.49. The molecule has 1 aromatic heterocycles. The number of aromatic nitrogens is 3. The van der Waals surface area contributed by atoms with Gasteiger partial charge in [0, 0.05) is 0 Å². The van der Waals surface area contributed by atoms with E-state index in [1.807, 2.05) is 0 Å². The molecule has 1 atom stereocenters. The van der Waals surface area contributed by atoms with Gasteiger partial charge in [0.25, 0.3) is 0 Å². The zero-order valence-corrected chi connectivity index (χ0v) is 13.1. The van der Waals surface area contributed by atoms with Crippen LogP contribution in [0.3, 0.4) is 0 Å². The highest BCUT2D eigenvalue weighted by Crippen LogP contribution is 2.53. The van der Waals surface area contributed by atoms with Crippen molar-refractivity contribution in [2.45, 2.75) is 60.4 Å². The Labute approximate surface area is 128 Å². The summed E-state index contributed by atoms with van der Waals surface area (Å²) in [4.78, 5) is 3.34. The summed E-state index contributed by atoms with van der Waals surface area (Å²) in [6, 6.07) is 0. The van der Waals surface area contributed by atoms with Crippen LogP contribution >= 0.6 is 34.8 Å². The van der Waals surface area contributed by atoms with Gasteiger partial charge >= 0.3 is 0 Å². The summed E-state index contributed by atoms with van der Waals surface area (Å²) in [6.45, 7) is 2.10. The Balaban J connectivity index is 1.99. The smallest absolute Gasteiger partial charge is 0.137 e. The third-order valence-electron chi connectivity index (χ3n) is 3.62. The molecular weight excluding hydrogens is 309 g/mol. The molecule has 0 aromatic carbocycles. The Morgan fingerprint density at radius 2 is 2.05 bits per heavy atom. The topological polar surface area (TPSA) is 50.9 Å². The van der Waals surface area contributed by atoms with Crippen molar-refractivity contribution in [2.75, 3.05) is 0 Å². The van der Waals surface area contributed by atoms with Crippen molar-refractivity contribution in [3.05, 3.63) is 12.7 Å². The van der Waals surface area contributed by atoms with Gasteiger partial charge in [-0.15, -0.1) is 34.8 Å². The molecule has 19 heavy (non-hydrogen) atoms. The molecule has 1 unspecified atom stereocenters. The van der Waals surface area contributed by atoms with E-state index < -0.39 is 14.8 Å². The van der Waals surface area contributed by atoms with Crippen LogP contribution in [-0.4, -0.2) is 34.7 Å². The Kier molecular flexibility index (Phi) is 4.36. The number of halogens is 3. The van der Waals surface area contributed by atoms with Gasteiger partial charge in [-0.05, 0) is 39.0 Å². The van der Waals surface area contributed by atoms with E-state index in [0.717, 1.165) is 12.8 Å². The van der Waals surface area contributed by atoms with Crippen LogP contribution < -0.4 is 0 Å². The molecule has 0 saturated heterocycles. The molecule has 1 aromatic rings. The molecule has 0 bridgehead atoms. The molecule has 1 N–H and O–H groups in total. The number of nitrogens with zero attached hydrogens (tertiary/aromatic N) is 3. The summed E-state index contributed by atoms with van der Waals surface area (Å²) in [6.07, 6.45) is 6.54. The van der Waals surface area contributed by atoms with E-state index in [-0.39, 0.29) is 0 Å². The summed E-state index contributed by atoms with van der Waals surface area (Å²) < 4.78 is 0.847. The van der Waals surface area contributed by atoms with Crippen LogP contribution in [0, 0.1) is 0 Å². The fourth-order valence-electron chi connectivity index (χ4n) is 2.29. The first-order valence-electron chi connectivity index (χ1n) is 6.36. The van der Waals surface area contributed by atoms with E-state index in [2.05, 4.69) is 10.1 Å². The minimum absolute atomic E-state index is 0.345. The highest BCUT2D eigenvalue weighted by molar-refractivity contribution is 6.48. The van der Waals surface area contributed by atoms with Crippen molar-refractivity contribution >= 4 is 34.8 Å². The molecule has 1 heterocycles.